The third-order valence-electron chi connectivity index (χ3n) is 6.40. The predicted octanol–water partition coefficient (Wildman–Crippen LogP) is 2.45. The number of aromatic nitrogens is 1. The molecule has 2 aliphatic rings. The molecule has 0 radical (unpaired) electrons. The first-order valence-electron chi connectivity index (χ1n) is 10.4. The van der Waals surface area contributed by atoms with Crippen LogP contribution in [0.4, 0.5) is 5.69 Å². The van der Waals surface area contributed by atoms with Crippen molar-refractivity contribution >= 4 is 16.6 Å². The van der Waals surface area contributed by atoms with Crippen LogP contribution in [0.5, 0.6) is 0 Å². The van der Waals surface area contributed by atoms with Crippen molar-refractivity contribution in [2.45, 2.75) is 25.3 Å². The van der Waals surface area contributed by atoms with Crippen molar-refractivity contribution in [3.63, 3.8) is 0 Å². The second-order valence-electron chi connectivity index (χ2n) is 8.11. The van der Waals surface area contributed by atoms with Crippen LogP contribution in [0.1, 0.15) is 19.3 Å². The molecule has 146 valence electrons. The monoisotopic (exact) mass is 368 g/mol. The van der Waals surface area contributed by atoms with Gasteiger partial charge in [-0.2, -0.15) is 0 Å². The molecular formula is C22H32N4O. The Balaban J connectivity index is 1.53. The van der Waals surface area contributed by atoms with Crippen LogP contribution in [-0.4, -0.2) is 78.9 Å². The fourth-order valence-electron chi connectivity index (χ4n) is 4.87. The first-order chi connectivity index (χ1) is 13.3. The van der Waals surface area contributed by atoms with Gasteiger partial charge in [-0.25, -0.2) is 0 Å². The van der Waals surface area contributed by atoms with E-state index in [0.717, 1.165) is 31.4 Å². The summed E-state index contributed by atoms with van der Waals surface area (Å²) in [5, 5.41) is 10.7. The Kier molecular flexibility index (Phi) is 5.91. The molecule has 2 aliphatic heterocycles. The molecule has 0 aliphatic carbocycles. The summed E-state index contributed by atoms with van der Waals surface area (Å²) in [6, 6.07) is 11.3. The number of aliphatic hydroxyl groups excluding tert-OH is 1. The van der Waals surface area contributed by atoms with E-state index in [1.54, 1.807) is 0 Å². The van der Waals surface area contributed by atoms with E-state index in [1.807, 2.05) is 6.20 Å². The minimum atomic E-state index is 0.296. The number of para-hydroxylation sites is 1. The third kappa shape index (κ3) is 4.10. The molecule has 0 bridgehead atoms. The summed E-state index contributed by atoms with van der Waals surface area (Å²) in [4.78, 5) is 12.2. The van der Waals surface area contributed by atoms with Crippen molar-refractivity contribution in [2.24, 2.45) is 5.92 Å². The number of aliphatic hydroxyl groups is 1. The van der Waals surface area contributed by atoms with Crippen LogP contribution >= 0.6 is 0 Å². The van der Waals surface area contributed by atoms with Crippen LogP contribution in [0, 0.1) is 5.92 Å². The van der Waals surface area contributed by atoms with Crippen molar-refractivity contribution in [3.05, 3.63) is 36.5 Å². The number of nitrogens with zero attached hydrogens (tertiary/aromatic N) is 4. The van der Waals surface area contributed by atoms with E-state index in [0.29, 0.717) is 18.6 Å². The van der Waals surface area contributed by atoms with Gasteiger partial charge in [0.2, 0.25) is 0 Å². The number of pyridine rings is 1. The van der Waals surface area contributed by atoms with Crippen molar-refractivity contribution < 1.29 is 5.11 Å². The molecule has 1 N–H and O–H groups in total. The second-order valence-corrected chi connectivity index (χ2v) is 8.11. The Hall–Kier alpha value is -1.69. The Morgan fingerprint density at radius 2 is 1.89 bits per heavy atom. The second kappa shape index (κ2) is 8.55. The molecule has 0 amide bonds. The Morgan fingerprint density at radius 3 is 2.70 bits per heavy atom. The Labute approximate surface area is 162 Å². The summed E-state index contributed by atoms with van der Waals surface area (Å²) in [7, 11) is 2.22. The maximum absolute atomic E-state index is 9.41. The van der Waals surface area contributed by atoms with Gasteiger partial charge in [0, 0.05) is 69.2 Å². The number of likely N-dealkylation sites (N-methyl/N-ethyl adjacent to an activating group) is 1. The van der Waals surface area contributed by atoms with Crippen LogP contribution in [0.15, 0.2) is 36.5 Å². The molecule has 2 atom stereocenters. The molecule has 0 spiro atoms. The zero-order chi connectivity index (χ0) is 18.6. The highest BCUT2D eigenvalue weighted by atomic mass is 16.2. The third-order valence-corrected chi connectivity index (χ3v) is 6.40. The number of anilines is 1. The van der Waals surface area contributed by atoms with Gasteiger partial charge in [-0.05, 0) is 44.4 Å². The average molecular weight is 369 g/mol. The van der Waals surface area contributed by atoms with Crippen molar-refractivity contribution in [1.29, 1.82) is 0 Å². The minimum absolute atomic E-state index is 0.296. The maximum atomic E-state index is 9.41. The van der Waals surface area contributed by atoms with Gasteiger partial charge in [-0.15, -0.1) is 0 Å². The molecule has 0 saturated carbocycles. The number of rotatable bonds is 5. The van der Waals surface area contributed by atoms with Gasteiger partial charge in [0.25, 0.3) is 0 Å². The van der Waals surface area contributed by atoms with Crippen molar-refractivity contribution in [2.75, 3.05) is 57.8 Å². The highest BCUT2D eigenvalue weighted by Crippen LogP contribution is 2.33. The fourth-order valence-corrected chi connectivity index (χ4v) is 4.87. The van der Waals surface area contributed by atoms with Crippen LogP contribution < -0.4 is 4.90 Å². The molecule has 1 aromatic carbocycles. The van der Waals surface area contributed by atoms with Gasteiger partial charge < -0.3 is 14.9 Å². The molecule has 5 heteroatoms. The van der Waals surface area contributed by atoms with E-state index >= 15 is 0 Å². The van der Waals surface area contributed by atoms with E-state index in [2.05, 4.69) is 57.1 Å². The number of hydrogen-bond donors (Lipinski definition) is 1. The minimum Gasteiger partial charge on any atom is -0.396 e. The van der Waals surface area contributed by atoms with E-state index in [4.69, 9.17) is 0 Å². The zero-order valence-corrected chi connectivity index (χ0v) is 16.4. The fraction of sp³-hybridized carbons (Fsp3) is 0.591. The summed E-state index contributed by atoms with van der Waals surface area (Å²) in [5.41, 5.74) is 2.38. The molecule has 3 heterocycles. The molecular weight excluding hydrogens is 336 g/mol. The first-order valence-corrected chi connectivity index (χ1v) is 10.4. The quantitative estimate of drug-likeness (QED) is 0.878. The van der Waals surface area contributed by atoms with Gasteiger partial charge in [0.1, 0.15) is 0 Å². The van der Waals surface area contributed by atoms with Gasteiger partial charge >= 0.3 is 0 Å². The summed E-state index contributed by atoms with van der Waals surface area (Å²) in [5.74, 6) is 0.612. The van der Waals surface area contributed by atoms with E-state index in [9.17, 15) is 5.11 Å². The molecule has 2 saturated heterocycles. The average Bonchev–Trinajstić information content (AvgIpc) is 2.72. The number of hydrogen-bond acceptors (Lipinski definition) is 5. The topological polar surface area (TPSA) is 42.8 Å². The number of piperidine rings is 1. The summed E-state index contributed by atoms with van der Waals surface area (Å²) in [6.45, 7) is 7.16. The molecule has 0 unspecified atom stereocenters. The highest BCUT2D eigenvalue weighted by Gasteiger charge is 2.34. The largest absolute Gasteiger partial charge is 0.396 e. The Morgan fingerprint density at radius 1 is 1.07 bits per heavy atom. The molecule has 4 rings (SSSR count). The van der Waals surface area contributed by atoms with Crippen molar-refractivity contribution in [3.8, 4) is 0 Å². The summed E-state index contributed by atoms with van der Waals surface area (Å²) < 4.78 is 0. The number of piperazine rings is 1. The maximum Gasteiger partial charge on any atom is 0.0722 e. The normalized spacial score (nSPS) is 25.2. The van der Waals surface area contributed by atoms with Gasteiger partial charge in [-0.1, -0.05) is 18.2 Å². The van der Waals surface area contributed by atoms with Crippen LogP contribution in [0.3, 0.4) is 0 Å². The van der Waals surface area contributed by atoms with Gasteiger partial charge in [0.05, 0.1) is 5.52 Å². The Bertz CT molecular complexity index is 739. The van der Waals surface area contributed by atoms with Crippen LogP contribution in [0.25, 0.3) is 10.9 Å². The molecule has 2 fully saturated rings. The summed E-state index contributed by atoms with van der Waals surface area (Å²) >= 11 is 0. The zero-order valence-electron chi connectivity index (χ0n) is 16.4. The predicted molar refractivity (Wildman–Crippen MR) is 111 cm³/mol. The lowest BCUT2D eigenvalue weighted by Gasteiger charge is -2.47. The molecule has 5 nitrogen and oxygen atoms in total. The van der Waals surface area contributed by atoms with Crippen LogP contribution in [0.2, 0.25) is 0 Å². The smallest absolute Gasteiger partial charge is 0.0722 e. The van der Waals surface area contributed by atoms with Crippen LogP contribution in [-0.2, 0) is 0 Å². The number of benzene rings is 1. The van der Waals surface area contributed by atoms with E-state index in [1.165, 1.54) is 43.7 Å². The SMILES string of the molecule is CN1CCN([C@@H]2CCN(c3ccnc4ccccc34)C[C@@H]2CCCO)CC1. The molecule has 27 heavy (non-hydrogen) atoms. The molecule has 2 aromatic rings. The summed E-state index contributed by atoms with van der Waals surface area (Å²) in [6.07, 6.45) is 5.15. The lowest BCUT2D eigenvalue weighted by Crippen LogP contribution is -2.56. The lowest BCUT2D eigenvalue weighted by atomic mass is 9.86. The first kappa shape index (κ1) is 18.7. The van der Waals surface area contributed by atoms with E-state index < -0.39 is 0 Å². The van der Waals surface area contributed by atoms with Crippen molar-refractivity contribution in [1.82, 2.24) is 14.8 Å². The highest BCUT2D eigenvalue weighted by molar-refractivity contribution is 5.91. The standard InChI is InChI=1S/C22H32N4O/c1-24-12-14-25(15-13-24)21-9-11-26(17-18(21)5-4-16-27)22-8-10-23-20-7-3-2-6-19(20)22/h2-3,6-8,10,18,21,27H,4-5,9,11-17H2,1H3/t18-,21+/m0/s1. The number of fused-ring (bicyclic) bond motifs is 1. The van der Waals surface area contributed by atoms with E-state index in [-0.39, 0.29) is 0 Å². The molecule has 1 aromatic heterocycles. The van der Waals surface area contributed by atoms with Gasteiger partial charge in [-0.3, -0.25) is 9.88 Å². The van der Waals surface area contributed by atoms with Gasteiger partial charge in [0.15, 0.2) is 0 Å². The lowest BCUT2D eigenvalue weighted by molar-refractivity contribution is 0.0639.